The number of hydrogen-bond acceptors (Lipinski definition) is 9. The second-order valence-corrected chi connectivity index (χ2v) is 9.35. The molecular formula is C24H26N4O7S. The minimum atomic E-state index is -0.722. The van der Waals surface area contributed by atoms with Crippen LogP contribution >= 0.6 is 11.8 Å². The lowest BCUT2D eigenvalue weighted by molar-refractivity contribution is -0.384. The summed E-state index contributed by atoms with van der Waals surface area (Å²) in [6.45, 7) is 1.00. The van der Waals surface area contributed by atoms with Crippen LogP contribution in [0.4, 0.5) is 17.1 Å². The Labute approximate surface area is 212 Å². The van der Waals surface area contributed by atoms with Gasteiger partial charge in [0.25, 0.3) is 5.69 Å². The molecule has 2 atom stereocenters. The third kappa shape index (κ3) is 5.94. The van der Waals surface area contributed by atoms with E-state index in [1.807, 2.05) is 0 Å². The summed E-state index contributed by atoms with van der Waals surface area (Å²) in [5, 5.41) is 13.7. The summed E-state index contributed by atoms with van der Waals surface area (Å²) in [5.41, 5.74) is 0.377. The Morgan fingerprint density at radius 1 is 1.22 bits per heavy atom. The van der Waals surface area contributed by atoms with Crippen LogP contribution in [-0.4, -0.2) is 65.5 Å². The molecule has 0 radical (unpaired) electrons. The second-order valence-electron chi connectivity index (χ2n) is 8.18. The zero-order valence-corrected chi connectivity index (χ0v) is 20.7. The summed E-state index contributed by atoms with van der Waals surface area (Å²) in [7, 11) is 2.97. The van der Waals surface area contributed by atoms with Crippen molar-refractivity contribution in [3.05, 3.63) is 52.6 Å². The number of nitro groups is 1. The zero-order valence-electron chi connectivity index (χ0n) is 19.8. The van der Waals surface area contributed by atoms with Crippen molar-refractivity contribution in [3.8, 4) is 11.5 Å². The molecule has 190 valence electrons. The van der Waals surface area contributed by atoms with E-state index in [2.05, 4.69) is 10.3 Å². The van der Waals surface area contributed by atoms with E-state index in [4.69, 9.17) is 14.2 Å². The molecule has 4 rings (SSSR count). The number of anilines is 1. The van der Waals surface area contributed by atoms with Crippen molar-refractivity contribution in [2.24, 2.45) is 4.99 Å². The number of thioether (sulfide) groups is 1. The molecule has 2 aromatic rings. The second kappa shape index (κ2) is 11.4. The maximum atomic E-state index is 13.3. The molecule has 2 aromatic carbocycles. The number of carbonyl (C=O) groups is 2. The van der Waals surface area contributed by atoms with Crippen molar-refractivity contribution >= 4 is 45.8 Å². The van der Waals surface area contributed by atoms with E-state index in [9.17, 15) is 19.7 Å². The first-order valence-corrected chi connectivity index (χ1v) is 12.2. The molecule has 2 aliphatic heterocycles. The summed E-state index contributed by atoms with van der Waals surface area (Å²) in [5.74, 6) is 0.219. The summed E-state index contributed by atoms with van der Waals surface area (Å²) < 4.78 is 15.9. The Morgan fingerprint density at radius 3 is 2.58 bits per heavy atom. The number of rotatable bonds is 9. The fourth-order valence-corrected chi connectivity index (χ4v) is 5.08. The van der Waals surface area contributed by atoms with Gasteiger partial charge < -0.3 is 19.5 Å². The average Bonchev–Trinajstić information content (AvgIpc) is 3.49. The summed E-state index contributed by atoms with van der Waals surface area (Å²) in [6, 6.07) is 11.3. The SMILES string of the molecule is COc1ccc(N=C2S[C@@H](CC(=O)Nc3ccc(OC)cc3[N+](=O)[O-])C(=O)N2C[C@@H]2CCCO2)cc1. The third-order valence-electron chi connectivity index (χ3n) is 5.77. The van der Waals surface area contributed by atoms with E-state index < -0.39 is 16.1 Å². The molecule has 36 heavy (non-hydrogen) atoms. The minimum absolute atomic E-state index is 0.0320. The van der Waals surface area contributed by atoms with Gasteiger partial charge in [-0.15, -0.1) is 0 Å². The number of hydrogen-bond donors (Lipinski definition) is 1. The molecule has 2 saturated heterocycles. The van der Waals surface area contributed by atoms with Gasteiger partial charge in [0.05, 0.1) is 43.5 Å². The first-order chi connectivity index (χ1) is 17.4. The van der Waals surface area contributed by atoms with Crippen LogP contribution in [0.5, 0.6) is 11.5 Å². The lowest BCUT2D eigenvalue weighted by atomic mass is 10.2. The van der Waals surface area contributed by atoms with Crippen LogP contribution in [0.2, 0.25) is 0 Å². The number of nitro benzene ring substituents is 1. The van der Waals surface area contributed by atoms with Crippen LogP contribution in [0.25, 0.3) is 0 Å². The fourth-order valence-electron chi connectivity index (χ4n) is 3.92. The van der Waals surface area contributed by atoms with Crippen molar-refractivity contribution in [2.45, 2.75) is 30.6 Å². The summed E-state index contributed by atoms with van der Waals surface area (Å²) >= 11 is 1.20. The number of carbonyl (C=O) groups excluding carboxylic acids is 2. The summed E-state index contributed by atoms with van der Waals surface area (Å²) in [4.78, 5) is 43.1. The predicted octanol–water partition coefficient (Wildman–Crippen LogP) is 3.75. The highest BCUT2D eigenvalue weighted by Gasteiger charge is 2.40. The molecule has 2 aliphatic rings. The van der Waals surface area contributed by atoms with E-state index in [0.717, 1.165) is 12.8 Å². The molecule has 0 bridgehead atoms. The van der Waals surface area contributed by atoms with Crippen LogP contribution in [0.15, 0.2) is 47.5 Å². The quantitative estimate of drug-likeness (QED) is 0.395. The number of nitrogens with zero attached hydrogens (tertiary/aromatic N) is 3. The van der Waals surface area contributed by atoms with Crippen LogP contribution < -0.4 is 14.8 Å². The predicted molar refractivity (Wildman–Crippen MR) is 135 cm³/mol. The monoisotopic (exact) mass is 514 g/mol. The average molecular weight is 515 g/mol. The van der Waals surface area contributed by atoms with E-state index >= 15 is 0 Å². The molecule has 2 fully saturated rings. The Hall–Kier alpha value is -3.64. The van der Waals surface area contributed by atoms with Crippen molar-refractivity contribution in [2.75, 3.05) is 32.7 Å². The minimum Gasteiger partial charge on any atom is -0.497 e. The van der Waals surface area contributed by atoms with Gasteiger partial charge in [0.1, 0.15) is 22.4 Å². The molecule has 0 aliphatic carbocycles. The van der Waals surface area contributed by atoms with E-state index in [1.165, 1.54) is 37.1 Å². The number of benzene rings is 2. The standard InChI is InChI=1S/C24H26N4O7S/c1-33-16-7-5-15(6-8-16)25-24-27(14-18-4-3-11-35-18)23(30)21(36-24)13-22(29)26-19-10-9-17(34-2)12-20(19)28(31)32/h5-10,12,18,21H,3-4,11,13-14H2,1-2H3,(H,26,29)/t18-,21-/m0/s1. The number of ether oxygens (including phenoxy) is 3. The van der Waals surface area contributed by atoms with Crippen LogP contribution in [0, 0.1) is 10.1 Å². The molecule has 1 N–H and O–H groups in total. The van der Waals surface area contributed by atoms with E-state index in [1.54, 1.807) is 36.3 Å². The van der Waals surface area contributed by atoms with Crippen LogP contribution in [0.1, 0.15) is 19.3 Å². The van der Waals surface area contributed by atoms with Gasteiger partial charge in [0, 0.05) is 13.0 Å². The van der Waals surface area contributed by atoms with Gasteiger partial charge in [-0.25, -0.2) is 4.99 Å². The largest absolute Gasteiger partial charge is 0.497 e. The van der Waals surface area contributed by atoms with E-state index in [0.29, 0.717) is 35.5 Å². The zero-order chi connectivity index (χ0) is 25.7. The fraction of sp³-hybridized carbons (Fsp3) is 0.375. The molecule has 12 heteroatoms. The van der Waals surface area contributed by atoms with Gasteiger partial charge in [-0.3, -0.25) is 24.6 Å². The van der Waals surface area contributed by atoms with Crippen molar-refractivity contribution < 1.29 is 28.7 Å². The first kappa shape index (κ1) is 25.5. The molecule has 0 aromatic heterocycles. The normalized spacial score (nSPS) is 20.6. The molecule has 2 heterocycles. The smallest absolute Gasteiger partial charge is 0.296 e. The number of nitrogens with one attached hydrogen (secondary N) is 1. The maximum absolute atomic E-state index is 13.3. The molecular weight excluding hydrogens is 488 g/mol. The van der Waals surface area contributed by atoms with Crippen LogP contribution in [-0.2, 0) is 14.3 Å². The number of amides is 2. The van der Waals surface area contributed by atoms with Gasteiger partial charge in [0.2, 0.25) is 11.8 Å². The van der Waals surface area contributed by atoms with Gasteiger partial charge in [0.15, 0.2) is 5.17 Å². The van der Waals surface area contributed by atoms with Gasteiger partial charge in [-0.1, -0.05) is 11.8 Å². The number of methoxy groups -OCH3 is 2. The Balaban J connectivity index is 1.51. The topological polar surface area (TPSA) is 133 Å². The van der Waals surface area contributed by atoms with Crippen LogP contribution in [0.3, 0.4) is 0 Å². The Kier molecular flexibility index (Phi) is 8.06. The molecule has 0 saturated carbocycles. The van der Waals surface area contributed by atoms with Crippen molar-refractivity contribution in [1.82, 2.24) is 4.90 Å². The van der Waals surface area contributed by atoms with Gasteiger partial charge in [-0.2, -0.15) is 0 Å². The highest BCUT2D eigenvalue weighted by molar-refractivity contribution is 8.15. The summed E-state index contributed by atoms with van der Waals surface area (Å²) in [6.07, 6.45) is 1.51. The Morgan fingerprint density at radius 2 is 1.94 bits per heavy atom. The van der Waals surface area contributed by atoms with Gasteiger partial charge >= 0.3 is 0 Å². The van der Waals surface area contributed by atoms with Crippen molar-refractivity contribution in [1.29, 1.82) is 0 Å². The number of aliphatic imine (C=N–C) groups is 1. The molecule has 11 nitrogen and oxygen atoms in total. The Bertz CT molecular complexity index is 1170. The van der Waals surface area contributed by atoms with E-state index in [-0.39, 0.29) is 29.8 Å². The highest BCUT2D eigenvalue weighted by atomic mass is 32.2. The number of amidine groups is 1. The lowest BCUT2D eigenvalue weighted by Crippen LogP contribution is -2.38. The lowest BCUT2D eigenvalue weighted by Gasteiger charge is -2.20. The molecule has 0 spiro atoms. The third-order valence-corrected chi connectivity index (χ3v) is 6.95. The maximum Gasteiger partial charge on any atom is 0.296 e. The van der Waals surface area contributed by atoms with Gasteiger partial charge in [-0.05, 0) is 49.2 Å². The molecule has 2 amide bonds. The molecule has 0 unspecified atom stereocenters. The first-order valence-electron chi connectivity index (χ1n) is 11.3. The van der Waals surface area contributed by atoms with Crippen molar-refractivity contribution in [3.63, 3.8) is 0 Å². The highest BCUT2D eigenvalue weighted by Crippen LogP contribution is 2.34.